The highest BCUT2D eigenvalue weighted by molar-refractivity contribution is 8.18. The minimum Gasteiger partial charge on any atom is -0.497 e. The number of benzene rings is 3. The summed E-state index contributed by atoms with van der Waals surface area (Å²) in [5.74, 6) is 1.45. The predicted molar refractivity (Wildman–Crippen MR) is 169 cm³/mol. The number of carbonyl (C=O) groups is 1. The van der Waals surface area contributed by atoms with Crippen molar-refractivity contribution in [3.8, 4) is 17.2 Å². The Labute approximate surface area is 254 Å². The van der Waals surface area contributed by atoms with Gasteiger partial charge in [-0.05, 0) is 111 Å². The highest BCUT2D eigenvalue weighted by Gasteiger charge is 2.32. The molecule has 2 heterocycles. The first-order chi connectivity index (χ1) is 19.8. The van der Waals surface area contributed by atoms with Crippen molar-refractivity contribution in [1.29, 1.82) is 0 Å². The Kier molecular flexibility index (Phi) is 8.78. The number of amidine groups is 1. The molecular formula is C32H29Cl2N3O3S. The number of aryl methyl sites for hydroxylation is 1. The van der Waals surface area contributed by atoms with E-state index >= 15 is 0 Å². The zero-order valence-electron chi connectivity index (χ0n) is 23.2. The number of nitrogens with zero attached hydrogens (tertiary/aromatic N) is 3. The average molecular weight is 607 g/mol. The average Bonchev–Trinajstić information content (AvgIpc) is 3.42. The Morgan fingerprint density at radius 3 is 2.32 bits per heavy atom. The molecule has 210 valence electrons. The van der Waals surface area contributed by atoms with Crippen LogP contribution in [0, 0.1) is 13.8 Å². The van der Waals surface area contributed by atoms with Crippen LogP contribution in [-0.2, 0) is 11.4 Å². The summed E-state index contributed by atoms with van der Waals surface area (Å²) in [6.45, 7) is 6.95. The highest BCUT2D eigenvalue weighted by atomic mass is 35.5. The van der Waals surface area contributed by atoms with E-state index in [1.165, 1.54) is 11.8 Å². The molecule has 1 aliphatic heterocycles. The third kappa shape index (κ3) is 6.32. The van der Waals surface area contributed by atoms with Gasteiger partial charge >= 0.3 is 0 Å². The molecular weight excluding hydrogens is 577 g/mol. The van der Waals surface area contributed by atoms with Crippen LogP contribution in [0.2, 0.25) is 10.0 Å². The van der Waals surface area contributed by atoms with Crippen molar-refractivity contribution in [3.05, 3.63) is 110 Å². The molecule has 1 saturated heterocycles. The van der Waals surface area contributed by atoms with Crippen LogP contribution in [0.15, 0.2) is 82.7 Å². The quantitative estimate of drug-likeness (QED) is 0.189. The van der Waals surface area contributed by atoms with Crippen LogP contribution in [0.3, 0.4) is 0 Å². The normalized spacial score (nSPS) is 15.3. The number of thioether (sulfide) groups is 1. The Morgan fingerprint density at radius 1 is 0.951 bits per heavy atom. The lowest BCUT2D eigenvalue weighted by Crippen LogP contribution is -2.28. The maximum absolute atomic E-state index is 13.3. The standard InChI is InChI=1S/C32H29Cl2N3O3S/c1-5-36-31(38)30(41-32(36)35-25-8-12-27(39-4)13-9-25)17-23-16-20(2)37(21(23)3)26-10-14-28(15-11-26)40-19-22-6-7-24(33)18-29(22)34/h6-18H,5,19H2,1-4H3/b30-17+,35-32?. The molecule has 1 aromatic heterocycles. The Hall–Kier alpha value is -3.65. The van der Waals surface area contributed by atoms with Gasteiger partial charge in [0.2, 0.25) is 0 Å². The summed E-state index contributed by atoms with van der Waals surface area (Å²) in [6, 6.07) is 22.8. The number of aliphatic imine (C=N–C) groups is 1. The number of likely N-dealkylation sites (N-methyl/N-ethyl adjacent to an activating group) is 1. The molecule has 0 radical (unpaired) electrons. The van der Waals surface area contributed by atoms with E-state index in [4.69, 9.17) is 37.7 Å². The van der Waals surface area contributed by atoms with Gasteiger partial charge in [-0.1, -0.05) is 29.3 Å². The van der Waals surface area contributed by atoms with Crippen LogP contribution in [0.25, 0.3) is 11.8 Å². The van der Waals surface area contributed by atoms with Crippen molar-refractivity contribution in [2.45, 2.75) is 27.4 Å². The number of hydrogen-bond donors (Lipinski definition) is 0. The predicted octanol–water partition coefficient (Wildman–Crippen LogP) is 8.61. The van der Waals surface area contributed by atoms with E-state index < -0.39 is 0 Å². The minimum atomic E-state index is -0.0446. The molecule has 9 heteroatoms. The lowest BCUT2D eigenvalue weighted by molar-refractivity contribution is -0.122. The van der Waals surface area contributed by atoms with Gasteiger partial charge in [0.1, 0.15) is 18.1 Å². The van der Waals surface area contributed by atoms with Gasteiger partial charge < -0.3 is 14.0 Å². The van der Waals surface area contributed by atoms with Crippen LogP contribution in [-0.4, -0.2) is 34.2 Å². The molecule has 0 N–H and O–H groups in total. The van der Waals surface area contributed by atoms with E-state index in [0.717, 1.165) is 45.4 Å². The number of rotatable bonds is 8. The Morgan fingerprint density at radius 2 is 1.66 bits per heavy atom. The van der Waals surface area contributed by atoms with E-state index in [-0.39, 0.29) is 5.91 Å². The number of amides is 1. The number of aromatic nitrogens is 1. The summed E-state index contributed by atoms with van der Waals surface area (Å²) in [5.41, 5.74) is 5.72. The van der Waals surface area contributed by atoms with Crippen LogP contribution in [0.4, 0.5) is 5.69 Å². The van der Waals surface area contributed by atoms with Crippen molar-refractivity contribution in [3.63, 3.8) is 0 Å². The van der Waals surface area contributed by atoms with Gasteiger partial charge in [0, 0.05) is 39.2 Å². The van der Waals surface area contributed by atoms with E-state index in [1.807, 2.05) is 67.6 Å². The van der Waals surface area contributed by atoms with Crippen LogP contribution in [0.5, 0.6) is 11.5 Å². The molecule has 1 fully saturated rings. The van der Waals surface area contributed by atoms with E-state index in [0.29, 0.717) is 33.3 Å². The molecule has 6 nitrogen and oxygen atoms in total. The van der Waals surface area contributed by atoms with Gasteiger partial charge in [-0.2, -0.15) is 0 Å². The second-order valence-corrected chi connectivity index (χ2v) is 11.3. The number of methoxy groups -OCH3 is 1. The minimum absolute atomic E-state index is 0.0446. The highest BCUT2D eigenvalue weighted by Crippen LogP contribution is 2.35. The molecule has 0 saturated carbocycles. The lowest BCUT2D eigenvalue weighted by atomic mass is 10.2. The molecule has 0 bridgehead atoms. The zero-order valence-corrected chi connectivity index (χ0v) is 25.5. The van der Waals surface area contributed by atoms with Gasteiger partial charge in [-0.3, -0.25) is 9.69 Å². The summed E-state index contributed by atoms with van der Waals surface area (Å²) in [6.07, 6.45) is 1.96. The lowest BCUT2D eigenvalue weighted by Gasteiger charge is -2.12. The largest absolute Gasteiger partial charge is 0.497 e. The van der Waals surface area contributed by atoms with Crippen molar-refractivity contribution < 1.29 is 14.3 Å². The Bertz CT molecular complexity index is 1640. The third-order valence-electron chi connectivity index (χ3n) is 6.76. The van der Waals surface area contributed by atoms with Crippen molar-refractivity contribution in [1.82, 2.24) is 9.47 Å². The van der Waals surface area contributed by atoms with Crippen molar-refractivity contribution in [2.24, 2.45) is 4.99 Å². The molecule has 1 amide bonds. The zero-order chi connectivity index (χ0) is 29.1. The SMILES string of the molecule is CCN1C(=O)/C(=C\c2cc(C)n(-c3ccc(OCc4ccc(Cl)cc4Cl)cc3)c2C)SC1=Nc1ccc(OC)cc1. The van der Waals surface area contributed by atoms with E-state index in [1.54, 1.807) is 24.1 Å². The van der Waals surface area contributed by atoms with Crippen molar-refractivity contribution >= 4 is 57.8 Å². The number of hydrogen-bond acceptors (Lipinski definition) is 5. The topological polar surface area (TPSA) is 56.1 Å². The molecule has 0 unspecified atom stereocenters. The van der Waals surface area contributed by atoms with Crippen molar-refractivity contribution in [2.75, 3.05) is 13.7 Å². The number of ether oxygens (including phenoxy) is 2. The smallest absolute Gasteiger partial charge is 0.266 e. The maximum atomic E-state index is 13.3. The van der Waals surface area contributed by atoms with E-state index in [9.17, 15) is 4.79 Å². The molecule has 41 heavy (non-hydrogen) atoms. The second kappa shape index (κ2) is 12.5. The van der Waals surface area contributed by atoms with Gasteiger partial charge in [0.05, 0.1) is 17.7 Å². The first kappa shape index (κ1) is 28.9. The molecule has 5 rings (SSSR count). The number of carbonyl (C=O) groups excluding carboxylic acids is 1. The first-order valence-electron chi connectivity index (χ1n) is 13.1. The first-order valence-corrected chi connectivity index (χ1v) is 14.6. The van der Waals surface area contributed by atoms with E-state index in [2.05, 4.69) is 24.5 Å². The fourth-order valence-electron chi connectivity index (χ4n) is 4.60. The van der Waals surface area contributed by atoms with Crippen LogP contribution >= 0.6 is 35.0 Å². The molecule has 0 spiro atoms. The summed E-state index contributed by atoms with van der Waals surface area (Å²) in [5, 5.41) is 1.84. The fraction of sp³-hybridized carbons (Fsp3) is 0.188. The summed E-state index contributed by atoms with van der Waals surface area (Å²) in [4.78, 5) is 20.3. The van der Waals surface area contributed by atoms with Gasteiger partial charge in [-0.25, -0.2) is 4.99 Å². The molecule has 4 aromatic rings. The Balaban J connectivity index is 1.35. The third-order valence-corrected chi connectivity index (χ3v) is 8.36. The maximum Gasteiger partial charge on any atom is 0.266 e. The summed E-state index contributed by atoms with van der Waals surface area (Å²) < 4.78 is 13.3. The van der Waals surface area contributed by atoms with Gasteiger partial charge in [0.25, 0.3) is 5.91 Å². The van der Waals surface area contributed by atoms with Crippen LogP contribution in [0.1, 0.15) is 29.4 Å². The molecule has 0 aliphatic carbocycles. The monoisotopic (exact) mass is 605 g/mol. The van der Waals surface area contributed by atoms with Crippen LogP contribution < -0.4 is 9.47 Å². The molecule has 3 aromatic carbocycles. The molecule has 0 atom stereocenters. The van der Waals surface area contributed by atoms with Gasteiger partial charge in [0.15, 0.2) is 5.17 Å². The molecule has 1 aliphatic rings. The summed E-state index contributed by atoms with van der Waals surface area (Å²) in [7, 11) is 1.63. The fourth-order valence-corrected chi connectivity index (χ4v) is 6.12. The second-order valence-electron chi connectivity index (χ2n) is 9.43. The summed E-state index contributed by atoms with van der Waals surface area (Å²) >= 11 is 13.7. The van der Waals surface area contributed by atoms with Gasteiger partial charge in [-0.15, -0.1) is 0 Å². The number of halogens is 2.